The Balaban J connectivity index is 1.36. The molecule has 3 heterocycles. The van der Waals surface area contributed by atoms with Crippen molar-refractivity contribution in [2.45, 2.75) is 43.9 Å². The van der Waals surface area contributed by atoms with Crippen LogP contribution < -0.4 is 24.8 Å². The van der Waals surface area contributed by atoms with Gasteiger partial charge in [-0.05, 0) is 26.0 Å². The second-order valence-electron chi connectivity index (χ2n) is 9.57. The molecular formula is C25H28N6O9P+. The summed E-state index contributed by atoms with van der Waals surface area (Å²) >= 11 is 0. The number of carboxylic acids is 1. The van der Waals surface area contributed by atoms with E-state index >= 15 is 0 Å². The van der Waals surface area contributed by atoms with E-state index in [1.807, 2.05) is 0 Å². The van der Waals surface area contributed by atoms with Gasteiger partial charge in [-0.25, -0.2) is 9.51 Å². The lowest BCUT2D eigenvalue weighted by Gasteiger charge is -2.27. The largest absolute Gasteiger partial charge is 0.664 e. The van der Waals surface area contributed by atoms with Gasteiger partial charge in [0, 0.05) is 15.3 Å². The maximum atomic E-state index is 12.3. The normalized spacial score (nSPS) is 23.4. The van der Waals surface area contributed by atoms with E-state index in [4.69, 9.17) is 29.6 Å². The van der Waals surface area contributed by atoms with Crippen molar-refractivity contribution in [3.8, 4) is 17.4 Å². The zero-order chi connectivity index (χ0) is 29.5. The van der Waals surface area contributed by atoms with Gasteiger partial charge >= 0.3 is 14.1 Å². The minimum atomic E-state index is -2.52. The number of aromatic nitrogens is 4. The molecule has 15 nitrogen and oxygen atoms in total. The van der Waals surface area contributed by atoms with Crippen LogP contribution >= 0.6 is 8.18 Å². The lowest BCUT2D eigenvalue weighted by atomic mass is 9.96. The molecule has 41 heavy (non-hydrogen) atoms. The lowest BCUT2D eigenvalue weighted by Crippen LogP contribution is -2.44. The highest BCUT2D eigenvalue weighted by Crippen LogP contribution is 2.41. The molecule has 2 aromatic carbocycles. The fraction of sp³-hybridized carbons (Fsp3) is 0.360. The van der Waals surface area contributed by atoms with Gasteiger partial charge in [0.1, 0.15) is 36.2 Å². The fourth-order valence-corrected chi connectivity index (χ4v) is 5.37. The number of carboxylic acid groups (broad SMARTS) is 1. The third kappa shape index (κ3) is 5.33. The van der Waals surface area contributed by atoms with E-state index in [1.54, 1.807) is 36.4 Å². The Morgan fingerprint density at radius 2 is 1.93 bits per heavy atom. The molecule has 0 bridgehead atoms. The van der Waals surface area contributed by atoms with Gasteiger partial charge in [0.25, 0.3) is 0 Å². The van der Waals surface area contributed by atoms with Crippen molar-refractivity contribution in [3.63, 3.8) is 0 Å². The minimum absolute atomic E-state index is 0.0646. The molecule has 6 atom stereocenters. The number of ether oxygens (including phenoxy) is 3. The van der Waals surface area contributed by atoms with Crippen molar-refractivity contribution in [2.75, 3.05) is 19.5 Å². The summed E-state index contributed by atoms with van der Waals surface area (Å²) in [5.41, 5.74) is 4.60. The first kappa shape index (κ1) is 28.4. The van der Waals surface area contributed by atoms with Gasteiger partial charge in [0.05, 0.1) is 13.4 Å². The van der Waals surface area contributed by atoms with Gasteiger partial charge in [-0.1, -0.05) is 29.4 Å². The summed E-state index contributed by atoms with van der Waals surface area (Å²) in [7, 11) is -1.10. The van der Waals surface area contributed by atoms with E-state index in [9.17, 15) is 19.6 Å². The smallest absolute Gasteiger partial charge is 0.490 e. The van der Waals surface area contributed by atoms with Gasteiger partial charge in [-0.2, -0.15) is 9.97 Å². The number of hydrogen-bond donors (Lipinski definition) is 5. The average molecular weight is 588 g/mol. The van der Waals surface area contributed by atoms with Crippen molar-refractivity contribution in [1.29, 1.82) is 0 Å². The van der Waals surface area contributed by atoms with Gasteiger partial charge < -0.3 is 35.3 Å². The molecule has 0 amide bonds. The number of nitrogen functional groups attached to an aromatic ring is 1. The zero-order valence-electron chi connectivity index (χ0n) is 22.2. The molecule has 5 rings (SSSR count). The van der Waals surface area contributed by atoms with Crippen molar-refractivity contribution in [2.24, 2.45) is 0 Å². The molecule has 0 saturated carbocycles. The van der Waals surface area contributed by atoms with E-state index < -0.39 is 44.2 Å². The number of nitrogens with two attached hydrogens (primary N) is 1. The first-order valence-electron chi connectivity index (χ1n) is 12.4. The summed E-state index contributed by atoms with van der Waals surface area (Å²) in [5.74, 6) is -0.415. The van der Waals surface area contributed by atoms with Crippen LogP contribution in [0.5, 0.6) is 17.4 Å². The summed E-state index contributed by atoms with van der Waals surface area (Å²) in [6, 6.07) is 9.08. The number of methoxy groups -OCH3 is 1. The topological polar surface area (TPSA) is 213 Å². The molecular weight excluding hydrogens is 559 g/mol. The SMILES string of the molecule is COc1nc(N)nc2c1ncn2[C@@H]1O[C@H](COc2cccc3c(O[P+](=O)NC(C)C(=O)O)cccc23)[C@@H](O)[C@@]1(C)O. The Morgan fingerprint density at radius 3 is 2.61 bits per heavy atom. The average Bonchev–Trinajstić information content (AvgIpc) is 3.44. The van der Waals surface area contributed by atoms with Crippen LogP contribution in [0.4, 0.5) is 5.95 Å². The quantitative estimate of drug-likeness (QED) is 0.167. The highest BCUT2D eigenvalue weighted by atomic mass is 31.1. The second-order valence-corrected chi connectivity index (χ2v) is 10.5. The Hall–Kier alpha value is -4.14. The van der Waals surface area contributed by atoms with E-state index in [2.05, 4.69) is 20.0 Å². The number of rotatable bonds is 10. The molecule has 16 heteroatoms. The summed E-state index contributed by atoms with van der Waals surface area (Å²) in [6.45, 7) is 2.64. The van der Waals surface area contributed by atoms with Crippen LogP contribution in [0.3, 0.4) is 0 Å². The predicted molar refractivity (Wildman–Crippen MR) is 145 cm³/mol. The van der Waals surface area contributed by atoms with Crippen LogP contribution in [0.2, 0.25) is 0 Å². The number of aliphatic carboxylic acids is 1. The molecule has 1 fully saturated rings. The fourth-order valence-electron chi connectivity index (χ4n) is 4.56. The van der Waals surface area contributed by atoms with Crippen molar-refractivity contribution in [3.05, 3.63) is 42.7 Å². The van der Waals surface area contributed by atoms with Gasteiger partial charge in [0.15, 0.2) is 23.1 Å². The monoisotopic (exact) mass is 587 g/mol. The van der Waals surface area contributed by atoms with Crippen molar-refractivity contribution >= 4 is 42.0 Å². The number of imidazole rings is 1. The zero-order valence-corrected chi connectivity index (χ0v) is 23.1. The minimum Gasteiger partial charge on any atom is -0.490 e. The van der Waals surface area contributed by atoms with Crippen LogP contribution in [0.1, 0.15) is 20.1 Å². The predicted octanol–water partition coefficient (Wildman–Crippen LogP) is 1.76. The Labute approximate surface area is 233 Å². The summed E-state index contributed by atoms with van der Waals surface area (Å²) < 4.78 is 36.6. The summed E-state index contributed by atoms with van der Waals surface area (Å²) in [5, 5.41) is 34.8. The first-order valence-corrected chi connectivity index (χ1v) is 13.6. The molecule has 0 aliphatic carbocycles. The van der Waals surface area contributed by atoms with Crippen molar-refractivity contribution in [1.82, 2.24) is 24.6 Å². The Bertz CT molecular complexity index is 1630. The number of aliphatic hydroxyl groups excluding tert-OH is 1. The Morgan fingerprint density at radius 1 is 1.24 bits per heavy atom. The number of fused-ring (bicyclic) bond motifs is 2. The Kier molecular flexibility index (Phi) is 7.64. The standard InChI is InChI=1S/C25H27N6O9P/c1-12(22(33)34)30-41(36)40-16-9-5-6-13-14(16)7-4-8-15(13)38-10-17-19(32)25(2,35)23(39-17)31-11-27-18-20(31)28-24(26)29-21(18)37-3/h4-9,11-12,17,19,23,32,35H,10H2,1-3H3,(H3-,26,28,29,30,33,34,36)/p+1/t12?,17-,19-,23-,25-/m1/s1. The number of nitrogens with zero attached hydrogens (tertiary/aromatic N) is 4. The van der Waals surface area contributed by atoms with Crippen LogP contribution in [0.15, 0.2) is 42.7 Å². The third-order valence-corrected chi connectivity index (χ3v) is 7.66. The summed E-state index contributed by atoms with van der Waals surface area (Å²) in [4.78, 5) is 23.5. The number of benzene rings is 2. The number of nitrogens with one attached hydrogen (secondary N) is 1. The molecule has 0 radical (unpaired) electrons. The summed E-state index contributed by atoms with van der Waals surface area (Å²) in [6.07, 6.45) is -2.02. The molecule has 1 saturated heterocycles. The van der Waals surface area contributed by atoms with E-state index in [0.717, 1.165) is 0 Å². The number of anilines is 1. The molecule has 1 aliphatic rings. The number of hydrogen-bond acceptors (Lipinski definition) is 12. The molecule has 2 aromatic heterocycles. The number of carbonyl (C=O) groups is 1. The van der Waals surface area contributed by atoms with E-state index in [0.29, 0.717) is 22.0 Å². The van der Waals surface area contributed by atoms with E-state index in [1.165, 1.54) is 31.9 Å². The van der Waals surface area contributed by atoms with Crippen LogP contribution in [-0.2, 0) is 14.1 Å². The maximum Gasteiger partial charge on any atom is 0.664 e. The van der Waals surface area contributed by atoms with E-state index in [-0.39, 0.29) is 29.8 Å². The van der Waals surface area contributed by atoms with Crippen LogP contribution in [-0.4, -0.2) is 78.4 Å². The second kappa shape index (κ2) is 11.0. The highest BCUT2D eigenvalue weighted by Gasteiger charge is 2.54. The lowest BCUT2D eigenvalue weighted by molar-refractivity contribution is -0.138. The van der Waals surface area contributed by atoms with Gasteiger partial charge in [0.2, 0.25) is 11.8 Å². The third-order valence-electron chi connectivity index (χ3n) is 6.70. The van der Waals surface area contributed by atoms with Gasteiger partial charge in [-0.15, -0.1) is 0 Å². The van der Waals surface area contributed by atoms with Gasteiger partial charge in [-0.3, -0.25) is 9.36 Å². The molecule has 6 N–H and O–H groups in total. The molecule has 216 valence electrons. The molecule has 0 spiro atoms. The maximum absolute atomic E-state index is 12.3. The molecule has 4 aromatic rings. The molecule has 1 aliphatic heterocycles. The van der Waals surface area contributed by atoms with Crippen LogP contribution in [0, 0.1) is 0 Å². The highest BCUT2D eigenvalue weighted by molar-refractivity contribution is 7.37. The molecule has 2 unspecified atom stereocenters. The van der Waals surface area contributed by atoms with Crippen LogP contribution in [0.25, 0.3) is 21.9 Å². The van der Waals surface area contributed by atoms with Crippen molar-refractivity contribution < 1.29 is 43.4 Å². The first-order chi connectivity index (χ1) is 19.5. The number of aliphatic hydroxyl groups is 2.